The molecule has 0 saturated heterocycles. The van der Waals surface area contributed by atoms with Crippen LogP contribution in [0.25, 0.3) is 11.3 Å². The van der Waals surface area contributed by atoms with E-state index in [1.165, 1.54) is 18.3 Å². The SMILES string of the molecule is CC(=O)NC(C)c1ccc(-c2csc(NC(=O)c3ccc(NC(=O)C4CC4)cc3)n2)cc1. The molecule has 1 saturated carbocycles. The molecule has 2 aromatic carbocycles. The molecule has 164 valence electrons. The second kappa shape index (κ2) is 9.32. The maximum atomic E-state index is 12.6. The van der Waals surface area contributed by atoms with E-state index in [0.29, 0.717) is 16.4 Å². The van der Waals surface area contributed by atoms with Crippen molar-refractivity contribution in [3.63, 3.8) is 0 Å². The van der Waals surface area contributed by atoms with Gasteiger partial charge in [0.05, 0.1) is 11.7 Å². The first-order valence-electron chi connectivity index (χ1n) is 10.4. The first-order chi connectivity index (χ1) is 15.4. The third-order valence-electron chi connectivity index (χ3n) is 5.21. The maximum Gasteiger partial charge on any atom is 0.257 e. The van der Waals surface area contributed by atoms with Crippen molar-refractivity contribution >= 4 is 39.9 Å². The monoisotopic (exact) mass is 448 g/mol. The van der Waals surface area contributed by atoms with E-state index in [9.17, 15) is 14.4 Å². The van der Waals surface area contributed by atoms with Crippen molar-refractivity contribution in [3.8, 4) is 11.3 Å². The van der Waals surface area contributed by atoms with Gasteiger partial charge in [0.2, 0.25) is 11.8 Å². The minimum Gasteiger partial charge on any atom is -0.350 e. The molecule has 4 rings (SSSR count). The molecular weight excluding hydrogens is 424 g/mol. The van der Waals surface area contributed by atoms with Crippen LogP contribution >= 0.6 is 11.3 Å². The fraction of sp³-hybridized carbons (Fsp3) is 0.250. The highest BCUT2D eigenvalue weighted by molar-refractivity contribution is 7.14. The van der Waals surface area contributed by atoms with Crippen LogP contribution in [-0.4, -0.2) is 22.7 Å². The molecule has 0 bridgehead atoms. The number of thiazole rings is 1. The molecule has 1 heterocycles. The number of anilines is 2. The fourth-order valence-electron chi connectivity index (χ4n) is 3.26. The molecule has 0 spiro atoms. The molecule has 0 radical (unpaired) electrons. The number of nitrogens with zero attached hydrogens (tertiary/aromatic N) is 1. The zero-order chi connectivity index (χ0) is 22.7. The molecule has 3 amide bonds. The number of amides is 3. The van der Waals surface area contributed by atoms with Crippen LogP contribution in [0.4, 0.5) is 10.8 Å². The van der Waals surface area contributed by atoms with Crippen molar-refractivity contribution in [2.75, 3.05) is 10.6 Å². The summed E-state index contributed by atoms with van der Waals surface area (Å²) >= 11 is 1.35. The highest BCUT2D eigenvalue weighted by Crippen LogP contribution is 2.30. The third kappa shape index (κ3) is 5.39. The van der Waals surface area contributed by atoms with Gasteiger partial charge in [-0.3, -0.25) is 19.7 Å². The van der Waals surface area contributed by atoms with Crippen molar-refractivity contribution in [3.05, 3.63) is 65.0 Å². The molecule has 1 fully saturated rings. The van der Waals surface area contributed by atoms with E-state index in [2.05, 4.69) is 20.9 Å². The highest BCUT2D eigenvalue weighted by atomic mass is 32.1. The summed E-state index contributed by atoms with van der Waals surface area (Å²) in [5, 5.41) is 10.9. The van der Waals surface area contributed by atoms with Crippen LogP contribution in [-0.2, 0) is 9.59 Å². The van der Waals surface area contributed by atoms with Crippen molar-refractivity contribution in [1.82, 2.24) is 10.3 Å². The van der Waals surface area contributed by atoms with Gasteiger partial charge in [-0.25, -0.2) is 4.98 Å². The van der Waals surface area contributed by atoms with Gasteiger partial charge < -0.3 is 10.6 Å². The molecule has 8 heteroatoms. The van der Waals surface area contributed by atoms with E-state index in [1.54, 1.807) is 24.3 Å². The zero-order valence-electron chi connectivity index (χ0n) is 17.8. The lowest BCUT2D eigenvalue weighted by Gasteiger charge is -2.13. The molecule has 0 aliphatic heterocycles. The standard InChI is InChI=1S/C24H24N4O3S/c1-14(25-15(2)29)16-3-5-17(6-4-16)21-13-32-24(27-21)28-23(31)19-9-11-20(12-10-19)26-22(30)18-7-8-18/h3-6,9-14,18H,7-8H2,1-2H3,(H,25,29)(H,26,30)(H,27,28,31). The minimum absolute atomic E-state index is 0.0371. The third-order valence-corrected chi connectivity index (χ3v) is 5.97. The van der Waals surface area contributed by atoms with Gasteiger partial charge in [-0.2, -0.15) is 0 Å². The van der Waals surface area contributed by atoms with Crippen LogP contribution in [0.5, 0.6) is 0 Å². The summed E-state index contributed by atoms with van der Waals surface area (Å²) in [4.78, 5) is 40.1. The van der Waals surface area contributed by atoms with E-state index < -0.39 is 0 Å². The summed E-state index contributed by atoms with van der Waals surface area (Å²) in [7, 11) is 0. The summed E-state index contributed by atoms with van der Waals surface area (Å²) in [6, 6.07) is 14.6. The Labute approximate surface area is 190 Å². The Morgan fingerprint density at radius 3 is 2.31 bits per heavy atom. The Hall–Kier alpha value is -3.52. The number of aromatic nitrogens is 1. The van der Waals surface area contributed by atoms with E-state index in [-0.39, 0.29) is 29.7 Å². The molecule has 32 heavy (non-hydrogen) atoms. The van der Waals surface area contributed by atoms with Gasteiger partial charge in [-0.1, -0.05) is 24.3 Å². The zero-order valence-corrected chi connectivity index (χ0v) is 18.7. The molecule has 7 nitrogen and oxygen atoms in total. The lowest BCUT2D eigenvalue weighted by atomic mass is 10.1. The summed E-state index contributed by atoms with van der Waals surface area (Å²) in [6.45, 7) is 3.43. The van der Waals surface area contributed by atoms with Gasteiger partial charge in [0.1, 0.15) is 0 Å². The molecule has 1 aromatic heterocycles. The minimum atomic E-state index is -0.259. The Kier molecular flexibility index (Phi) is 6.32. The topological polar surface area (TPSA) is 100 Å². The maximum absolute atomic E-state index is 12.6. The van der Waals surface area contributed by atoms with Crippen LogP contribution in [0.15, 0.2) is 53.9 Å². The van der Waals surface area contributed by atoms with Gasteiger partial charge in [0.15, 0.2) is 5.13 Å². The average Bonchev–Trinajstić information content (AvgIpc) is 3.53. The normalized spacial score (nSPS) is 13.8. The number of rotatable bonds is 7. The van der Waals surface area contributed by atoms with Crippen LogP contribution in [0.2, 0.25) is 0 Å². The Morgan fingerprint density at radius 1 is 1.00 bits per heavy atom. The molecule has 1 unspecified atom stereocenters. The van der Waals surface area contributed by atoms with Gasteiger partial charge in [0.25, 0.3) is 5.91 Å². The number of carbonyl (C=O) groups is 3. The molecule has 1 aliphatic rings. The second-order valence-electron chi connectivity index (χ2n) is 7.88. The van der Waals surface area contributed by atoms with Gasteiger partial charge in [0, 0.05) is 35.0 Å². The first kappa shape index (κ1) is 21.7. The van der Waals surface area contributed by atoms with Gasteiger partial charge in [-0.15, -0.1) is 11.3 Å². The van der Waals surface area contributed by atoms with Crippen LogP contribution in [0.3, 0.4) is 0 Å². The predicted molar refractivity (Wildman–Crippen MR) is 126 cm³/mol. The average molecular weight is 449 g/mol. The van der Waals surface area contributed by atoms with Gasteiger partial charge in [-0.05, 0) is 49.6 Å². The number of hydrogen-bond acceptors (Lipinski definition) is 5. The van der Waals surface area contributed by atoms with E-state index >= 15 is 0 Å². The highest BCUT2D eigenvalue weighted by Gasteiger charge is 2.29. The Morgan fingerprint density at radius 2 is 1.69 bits per heavy atom. The summed E-state index contributed by atoms with van der Waals surface area (Å²) < 4.78 is 0. The number of benzene rings is 2. The summed E-state index contributed by atoms with van der Waals surface area (Å²) in [5.41, 5.74) is 3.87. The molecule has 3 N–H and O–H groups in total. The first-order valence-corrected chi connectivity index (χ1v) is 11.3. The largest absolute Gasteiger partial charge is 0.350 e. The summed E-state index contributed by atoms with van der Waals surface area (Å²) in [6.07, 6.45) is 1.89. The summed E-state index contributed by atoms with van der Waals surface area (Å²) in [5.74, 6) is -0.159. The molecule has 1 atom stereocenters. The molecular formula is C24H24N4O3S. The van der Waals surface area contributed by atoms with Crippen molar-refractivity contribution in [2.45, 2.75) is 32.7 Å². The van der Waals surface area contributed by atoms with E-state index in [4.69, 9.17) is 0 Å². The lowest BCUT2D eigenvalue weighted by molar-refractivity contribution is -0.119. The van der Waals surface area contributed by atoms with Crippen LogP contribution in [0, 0.1) is 5.92 Å². The number of carbonyl (C=O) groups excluding carboxylic acids is 3. The quantitative estimate of drug-likeness (QED) is 0.491. The number of hydrogen-bond donors (Lipinski definition) is 3. The van der Waals surface area contributed by atoms with Crippen molar-refractivity contribution in [1.29, 1.82) is 0 Å². The van der Waals surface area contributed by atoms with E-state index in [1.807, 2.05) is 36.6 Å². The molecule has 1 aliphatic carbocycles. The van der Waals surface area contributed by atoms with Crippen LogP contribution in [0.1, 0.15) is 48.7 Å². The van der Waals surface area contributed by atoms with E-state index in [0.717, 1.165) is 29.7 Å². The Balaban J connectivity index is 1.36. The predicted octanol–water partition coefficient (Wildman–Crippen LogP) is 4.61. The van der Waals surface area contributed by atoms with Crippen LogP contribution < -0.4 is 16.0 Å². The smallest absolute Gasteiger partial charge is 0.257 e. The number of nitrogens with one attached hydrogen (secondary N) is 3. The van der Waals surface area contributed by atoms with Crippen molar-refractivity contribution in [2.24, 2.45) is 5.92 Å². The fourth-order valence-corrected chi connectivity index (χ4v) is 3.97. The van der Waals surface area contributed by atoms with Crippen molar-refractivity contribution < 1.29 is 14.4 Å². The molecule has 3 aromatic rings. The second-order valence-corrected chi connectivity index (χ2v) is 8.74. The Bertz CT molecular complexity index is 1130. The lowest BCUT2D eigenvalue weighted by Crippen LogP contribution is -2.23. The van der Waals surface area contributed by atoms with Gasteiger partial charge >= 0.3 is 0 Å².